The van der Waals surface area contributed by atoms with Crippen molar-refractivity contribution in [3.05, 3.63) is 0 Å². The summed E-state index contributed by atoms with van der Waals surface area (Å²) in [4.78, 5) is 10.4. The van der Waals surface area contributed by atoms with Crippen molar-refractivity contribution in [1.82, 2.24) is 5.32 Å². The van der Waals surface area contributed by atoms with Crippen LogP contribution in [0.3, 0.4) is 0 Å². The minimum Gasteiger partial charge on any atom is -0.355 e. The smallest absolute Gasteiger partial charge is 0.219 e. The Morgan fingerprint density at radius 3 is 2.56 bits per heavy atom. The fourth-order valence-electron chi connectivity index (χ4n) is 0.320. The number of hydrogen-bond acceptors (Lipinski definition) is 2. The first kappa shape index (κ1) is 11.9. The molecule has 0 unspecified atom stereocenters. The summed E-state index contributed by atoms with van der Waals surface area (Å²) >= 11 is 3.92. The summed E-state index contributed by atoms with van der Waals surface area (Å²) in [6, 6.07) is 0. The highest BCUT2D eigenvalue weighted by Crippen LogP contribution is 1.74. The van der Waals surface area contributed by atoms with Gasteiger partial charge in [-0.05, 0) is 0 Å². The van der Waals surface area contributed by atoms with Crippen LogP contribution in [0.2, 0.25) is 0 Å². The second-order valence-corrected chi connectivity index (χ2v) is 1.87. The van der Waals surface area contributed by atoms with Crippen molar-refractivity contribution in [3.63, 3.8) is 0 Å². The van der Waals surface area contributed by atoms with Crippen LogP contribution in [0.4, 0.5) is 0 Å². The molecule has 0 heterocycles. The fraction of sp³-hybridized carbons (Fsp3) is 0.800. The van der Waals surface area contributed by atoms with E-state index in [2.05, 4.69) is 17.9 Å². The third kappa shape index (κ3) is 8.11. The lowest BCUT2D eigenvalue weighted by Gasteiger charge is -1.96. The van der Waals surface area contributed by atoms with E-state index in [1.165, 1.54) is 0 Å². The average molecular weight is 170 g/mol. The SMILES string of the molecule is CCC(=O)NCCS.Cl. The summed E-state index contributed by atoms with van der Waals surface area (Å²) in [7, 11) is 0. The van der Waals surface area contributed by atoms with Crippen LogP contribution in [0.1, 0.15) is 13.3 Å². The zero-order chi connectivity index (χ0) is 6.41. The largest absolute Gasteiger partial charge is 0.355 e. The van der Waals surface area contributed by atoms with Gasteiger partial charge in [0.15, 0.2) is 0 Å². The lowest BCUT2D eigenvalue weighted by molar-refractivity contribution is -0.120. The molecule has 0 aliphatic heterocycles. The molecule has 4 heteroatoms. The van der Waals surface area contributed by atoms with E-state index in [9.17, 15) is 4.79 Å². The summed E-state index contributed by atoms with van der Waals surface area (Å²) < 4.78 is 0. The number of halogens is 1. The molecule has 0 fully saturated rings. The molecule has 0 saturated carbocycles. The lowest BCUT2D eigenvalue weighted by atomic mass is 10.4. The normalized spacial score (nSPS) is 7.78. The number of carbonyl (C=O) groups is 1. The Kier molecular flexibility index (Phi) is 10.7. The van der Waals surface area contributed by atoms with Gasteiger partial charge in [-0.3, -0.25) is 4.79 Å². The quantitative estimate of drug-likeness (QED) is 0.604. The maximum atomic E-state index is 10.4. The van der Waals surface area contributed by atoms with Crippen LogP contribution in [0.15, 0.2) is 0 Å². The van der Waals surface area contributed by atoms with E-state index in [1.54, 1.807) is 0 Å². The molecule has 0 spiro atoms. The van der Waals surface area contributed by atoms with Crippen LogP contribution in [-0.4, -0.2) is 18.2 Å². The molecule has 0 aromatic rings. The molecule has 0 radical (unpaired) electrons. The Labute approximate surface area is 67.2 Å². The van der Waals surface area contributed by atoms with Gasteiger partial charge < -0.3 is 5.32 Å². The van der Waals surface area contributed by atoms with Crippen molar-refractivity contribution >= 4 is 30.9 Å². The van der Waals surface area contributed by atoms with Crippen molar-refractivity contribution in [3.8, 4) is 0 Å². The summed E-state index contributed by atoms with van der Waals surface area (Å²) in [5.74, 6) is 0.810. The minimum absolute atomic E-state index is 0. The fourth-order valence-corrected chi connectivity index (χ4v) is 0.432. The van der Waals surface area contributed by atoms with Crippen LogP contribution in [0, 0.1) is 0 Å². The molecule has 9 heavy (non-hydrogen) atoms. The maximum absolute atomic E-state index is 10.4. The molecule has 0 atom stereocenters. The van der Waals surface area contributed by atoms with Crippen molar-refractivity contribution in [2.24, 2.45) is 0 Å². The highest BCUT2D eigenvalue weighted by atomic mass is 35.5. The van der Waals surface area contributed by atoms with Gasteiger partial charge in [0.1, 0.15) is 0 Å². The van der Waals surface area contributed by atoms with E-state index in [4.69, 9.17) is 0 Å². The summed E-state index contributed by atoms with van der Waals surface area (Å²) in [5.41, 5.74) is 0. The van der Waals surface area contributed by atoms with Crippen LogP contribution in [0.5, 0.6) is 0 Å². The summed E-state index contributed by atoms with van der Waals surface area (Å²) in [5, 5.41) is 2.67. The van der Waals surface area contributed by atoms with Crippen LogP contribution < -0.4 is 5.32 Å². The van der Waals surface area contributed by atoms with E-state index >= 15 is 0 Å². The maximum Gasteiger partial charge on any atom is 0.219 e. The lowest BCUT2D eigenvalue weighted by Crippen LogP contribution is -2.23. The highest BCUT2D eigenvalue weighted by Gasteiger charge is 1.90. The molecule has 0 rings (SSSR count). The van der Waals surface area contributed by atoms with Gasteiger partial charge in [0.2, 0.25) is 5.91 Å². The first-order chi connectivity index (χ1) is 3.81. The summed E-state index contributed by atoms with van der Waals surface area (Å²) in [6.07, 6.45) is 0.563. The Hall–Kier alpha value is 0.110. The average Bonchev–Trinajstić information content (AvgIpc) is 1.83. The molecular formula is C5H12ClNOS. The second-order valence-electron chi connectivity index (χ2n) is 1.43. The Bertz CT molecular complexity index is 79.4. The first-order valence-electron chi connectivity index (χ1n) is 2.68. The van der Waals surface area contributed by atoms with Crippen LogP contribution in [0.25, 0.3) is 0 Å². The van der Waals surface area contributed by atoms with E-state index in [1.807, 2.05) is 6.92 Å². The van der Waals surface area contributed by atoms with Gasteiger partial charge in [-0.15, -0.1) is 12.4 Å². The highest BCUT2D eigenvalue weighted by molar-refractivity contribution is 7.80. The van der Waals surface area contributed by atoms with E-state index in [-0.39, 0.29) is 18.3 Å². The van der Waals surface area contributed by atoms with Gasteiger partial charge in [-0.2, -0.15) is 12.6 Å². The van der Waals surface area contributed by atoms with Crippen LogP contribution >= 0.6 is 25.0 Å². The third-order valence-corrected chi connectivity index (χ3v) is 0.979. The first-order valence-corrected chi connectivity index (χ1v) is 3.32. The minimum atomic E-state index is 0. The predicted octanol–water partition coefficient (Wildman–Crippen LogP) is 0.864. The zero-order valence-electron chi connectivity index (χ0n) is 5.39. The Morgan fingerprint density at radius 2 is 2.22 bits per heavy atom. The molecule has 0 aliphatic rings. The van der Waals surface area contributed by atoms with Gasteiger partial charge in [-0.1, -0.05) is 6.92 Å². The molecular weight excluding hydrogens is 158 g/mol. The van der Waals surface area contributed by atoms with Gasteiger partial charge in [0, 0.05) is 18.7 Å². The number of rotatable bonds is 3. The van der Waals surface area contributed by atoms with Crippen molar-refractivity contribution in [2.45, 2.75) is 13.3 Å². The van der Waals surface area contributed by atoms with Gasteiger partial charge in [0.05, 0.1) is 0 Å². The van der Waals surface area contributed by atoms with Crippen molar-refractivity contribution in [1.29, 1.82) is 0 Å². The van der Waals surface area contributed by atoms with Crippen molar-refractivity contribution in [2.75, 3.05) is 12.3 Å². The molecule has 0 aliphatic carbocycles. The molecule has 2 nitrogen and oxygen atoms in total. The van der Waals surface area contributed by atoms with Gasteiger partial charge >= 0.3 is 0 Å². The second kappa shape index (κ2) is 8.11. The third-order valence-electron chi connectivity index (χ3n) is 0.755. The number of thiol groups is 1. The Balaban J connectivity index is 0. The molecule has 1 N–H and O–H groups in total. The monoisotopic (exact) mass is 169 g/mol. The topological polar surface area (TPSA) is 29.1 Å². The van der Waals surface area contributed by atoms with Crippen molar-refractivity contribution < 1.29 is 4.79 Å². The molecule has 0 saturated heterocycles. The van der Waals surface area contributed by atoms with Gasteiger partial charge in [0.25, 0.3) is 0 Å². The number of amides is 1. The standard InChI is InChI=1S/C5H11NOS.ClH/c1-2-5(7)6-3-4-8;/h8H,2-4H2,1H3,(H,6,7);1H. The summed E-state index contributed by atoms with van der Waals surface area (Å²) in [6.45, 7) is 2.50. The van der Waals surface area contributed by atoms with Crippen LogP contribution in [-0.2, 0) is 4.79 Å². The number of hydrogen-bond donors (Lipinski definition) is 2. The van der Waals surface area contributed by atoms with E-state index < -0.39 is 0 Å². The number of carbonyl (C=O) groups excluding carboxylic acids is 1. The zero-order valence-corrected chi connectivity index (χ0v) is 7.10. The number of nitrogens with one attached hydrogen (secondary N) is 1. The molecule has 0 bridgehead atoms. The predicted molar refractivity (Wildman–Crippen MR) is 44.4 cm³/mol. The van der Waals surface area contributed by atoms with E-state index in [0.717, 1.165) is 0 Å². The molecule has 0 aromatic carbocycles. The van der Waals surface area contributed by atoms with E-state index in [0.29, 0.717) is 18.7 Å². The molecule has 0 aromatic heterocycles. The molecule has 56 valence electrons. The van der Waals surface area contributed by atoms with Gasteiger partial charge in [-0.25, -0.2) is 0 Å². The Morgan fingerprint density at radius 1 is 1.67 bits per heavy atom. The molecule has 1 amide bonds.